The first-order valence-electron chi connectivity index (χ1n) is 6.52. The minimum atomic E-state index is -4.38. The van der Waals surface area contributed by atoms with E-state index in [1.807, 2.05) is 0 Å². The van der Waals surface area contributed by atoms with Crippen LogP contribution in [0.1, 0.15) is 15.9 Å². The second-order valence-electron chi connectivity index (χ2n) is 4.60. The van der Waals surface area contributed by atoms with E-state index in [2.05, 4.69) is 15.0 Å². The molecule has 1 aromatic carbocycles. The Morgan fingerprint density at radius 1 is 1.22 bits per heavy atom. The van der Waals surface area contributed by atoms with Crippen molar-refractivity contribution in [3.8, 4) is 5.75 Å². The van der Waals surface area contributed by atoms with Gasteiger partial charge in [0.05, 0.1) is 0 Å². The summed E-state index contributed by atoms with van der Waals surface area (Å²) >= 11 is 5.70. The number of rotatable bonds is 5. The van der Waals surface area contributed by atoms with E-state index in [0.29, 0.717) is 5.56 Å². The Kier molecular flexibility index (Phi) is 5.44. The summed E-state index contributed by atoms with van der Waals surface area (Å²) in [5, 5.41) is 2.88. The van der Waals surface area contributed by atoms with E-state index in [9.17, 15) is 18.0 Å². The predicted molar refractivity (Wildman–Crippen MR) is 78.4 cm³/mol. The van der Waals surface area contributed by atoms with Crippen molar-refractivity contribution in [2.75, 3.05) is 6.61 Å². The molecule has 0 unspecified atom stereocenters. The molecule has 1 N–H and O–H groups in total. The molecule has 8 heteroatoms. The van der Waals surface area contributed by atoms with Crippen molar-refractivity contribution >= 4 is 17.5 Å². The average Bonchev–Trinajstić information content (AvgIpc) is 2.51. The summed E-state index contributed by atoms with van der Waals surface area (Å²) in [4.78, 5) is 15.7. The van der Waals surface area contributed by atoms with Gasteiger partial charge in [0.15, 0.2) is 6.61 Å². The Hall–Kier alpha value is -2.28. The number of hydrogen-bond acceptors (Lipinski definition) is 3. The lowest BCUT2D eigenvalue weighted by molar-refractivity contribution is -0.153. The maximum Gasteiger partial charge on any atom is 0.422 e. The quantitative estimate of drug-likeness (QED) is 0.843. The van der Waals surface area contributed by atoms with Crippen LogP contribution in [0.5, 0.6) is 5.75 Å². The number of benzene rings is 1. The SMILES string of the molecule is O=C(NCc1ccc(OCC(F)(F)F)cc1)c1ccnc(Cl)c1. The third kappa shape index (κ3) is 5.78. The summed E-state index contributed by atoms with van der Waals surface area (Å²) in [5.41, 5.74) is 1.09. The molecule has 0 aliphatic carbocycles. The third-order valence-corrected chi connectivity index (χ3v) is 2.97. The van der Waals surface area contributed by atoms with Crippen LogP contribution in [-0.4, -0.2) is 23.7 Å². The molecule has 23 heavy (non-hydrogen) atoms. The van der Waals surface area contributed by atoms with Crippen LogP contribution in [0.3, 0.4) is 0 Å². The number of aromatic nitrogens is 1. The van der Waals surface area contributed by atoms with Gasteiger partial charge in [-0.3, -0.25) is 4.79 Å². The van der Waals surface area contributed by atoms with Crippen molar-refractivity contribution < 1.29 is 22.7 Å². The van der Waals surface area contributed by atoms with Crippen molar-refractivity contribution in [1.82, 2.24) is 10.3 Å². The van der Waals surface area contributed by atoms with Crippen LogP contribution in [0, 0.1) is 0 Å². The Morgan fingerprint density at radius 2 is 1.91 bits per heavy atom. The number of alkyl halides is 3. The second kappa shape index (κ2) is 7.32. The zero-order valence-corrected chi connectivity index (χ0v) is 12.5. The van der Waals surface area contributed by atoms with E-state index in [0.717, 1.165) is 5.56 Å². The van der Waals surface area contributed by atoms with Crippen LogP contribution in [0.2, 0.25) is 5.15 Å². The van der Waals surface area contributed by atoms with Crippen LogP contribution < -0.4 is 10.1 Å². The van der Waals surface area contributed by atoms with Gasteiger partial charge in [0.1, 0.15) is 10.9 Å². The number of pyridine rings is 1. The van der Waals surface area contributed by atoms with Gasteiger partial charge in [0.2, 0.25) is 0 Å². The first kappa shape index (κ1) is 17.1. The summed E-state index contributed by atoms with van der Waals surface area (Å²) in [6, 6.07) is 8.93. The number of hydrogen-bond donors (Lipinski definition) is 1. The molecule has 1 amide bonds. The van der Waals surface area contributed by atoms with Gasteiger partial charge in [-0.25, -0.2) is 4.98 Å². The third-order valence-electron chi connectivity index (χ3n) is 2.77. The zero-order valence-electron chi connectivity index (χ0n) is 11.7. The average molecular weight is 345 g/mol. The van der Waals surface area contributed by atoms with Crippen molar-refractivity contribution in [3.05, 3.63) is 58.9 Å². The van der Waals surface area contributed by atoms with Gasteiger partial charge in [-0.15, -0.1) is 0 Å². The second-order valence-corrected chi connectivity index (χ2v) is 4.98. The fraction of sp³-hybridized carbons (Fsp3) is 0.200. The number of carbonyl (C=O) groups is 1. The van der Waals surface area contributed by atoms with Crippen molar-refractivity contribution in [2.45, 2.75) is 12.7 Å². The van der Waals surface area contributed by atoms with Crippen LogP contribution in [-0.2, 0) is 6.54 Å². The standard InChI is InChI=1S/C15H12ClF3N2O2/c16-13-7-11(5-6-20-13)14(22)21-8-10-1-3-12(4-2-10)23-9-15(17,18)19/h1-7H,8-9H2,(H,21,22). The number of carbonyl (C=O) groups excluding carboxylic acids is 1. The molecule has 0 aliphatic heterocycles. The molecule has 0 saturated heterocycles. The summed E-state index contributed by atoms with van der Waals surface area (Å²) < 4.78 is 40.7. The summed E-state index contributed by atoms with van der Waals surface area (Å²) in [7, 11) is 0. The Balaban J connectivity index is 1.87. The van der Waals surface area contributed by atoms with Crippen LogP contribution in [0.15, 0.2) is 42.6 Å². The highest BCUT2D eigenvalue weighted by atomic mass is 35.5. The lowest BCUT2D eigenvalue weighted by atomic mass is 10.2. The highest BCUT2D eigenvalue weighted by Crippen LogP contribution is 2.18. The molecule has 0 aliphatic rings. The minimum absolute atomic E-state index is 0.110. The van der Waals surface area contributed by atoms with Crippen molar-refractivity contribution in [3.63, 3.8) is 0 Å². The molecule has 4 nitrogen and oxygen atoms in total. The fourth-order valence-electron chi connectivity index (χ4n) is 1.70. The van der Waals surface area contributed by atoms with Gasteiger partial charge in [-0.05, 0) is 29.8 Å². The first-order chi connectivity index (χ1) is 10.8. The van der Waals surface area contributed by atoms with Crippen LogP contribution in [0.25, 0.3) is 0 Å². The Labute approximate surface area is 135 Å². The fourth-order valence-corrected chi connectivity index (χ4v) is 1.87. The maximum atomic E-state index is 12.0. The minimum Gasteiger partial charge on any atom is -0.484 e. The number of ether oxygens (including phenoxy) is 1. The van der Waals surface area contributed by atoms with Gasteiger partial charge in [0, 0.05) is 18.3 Å². The molecule has 0 bridgehead atoms. The topological polar surface area (TPSA) is 51.2 Å². The van der Waals surface area contributed by atoms with E-state index < -0.39 is 12.8 Å². The van der Waals surface area contributed by atoms with Crippen molar-refractivity contribution in [2.24, 2.45) is 0 Å². The number of nitrogens with zero attached hydrogens (tertiary/aromatic N) is 1. The Morgan fingerprint density at radius 3 is 2.52 bits per heavy atom. The summed E-state index contributed by atoms with van der Waals surface area (Å²) in [6.45, 7) is -1.12. The van der Waals surface area contributed by atoms with Gasteiger partial charge in [-0.1, -0.05) is 23.7 Å². The largest absolute Gasteiger partial charge is 0.484 e. The van der Waals surface area contributed by atoms with Crippen molar-refractivity contribution in [1.29, 1.82) is 0 Å². The zero-order chi connectivity index (χ0) is 16.9. The maximum absolute atomic E-state index is 12.0. The van der Waals surface area contributed by atoms with E-state index in [4.69, 9.17) is 11.6 Å². The molecule has 0 spiro atoms. The van der Waals surface area contributed by atoms with Gasteiger partial charge in [-0.2, -0.15) is 13.2 Å². The Bertz CT molecular complexity index is 675. The highest BCUT2D eigenvalue weighted by Gasteiger charge is 2.28. The number of halogens is 4. The van der Waals surface area contributed by atoms with E-state index in [1.54, 1.807) is 12.1 Å². The van der Waals surface area contributed by atoms with Gasteiger partial charge in [0.25, 0.3) is 5.91 Å². The normalized spacial score (nSPS) is 11.1. The summed E-state index contributed by atoms with van der Waals surface area (Å²) in [5.74, 6) is -0.218. The van der Waals surface area contributed by atoms with Gasteiger partial charge < -0.3 is 10.1 Å². The predicted octanol–water partition coefficient (Wildman–Crippen LogP) is 3.61. The molecular weight excluding hydrogens is 333 g/mol. The molecule has 0 saturated carbocycles. The molecule has 2 aromatic rings. The van der Waals surface area contributed by atoms with E-state index in [-0.39, 0.29) is 23.4 Å². The monoisotopic (exact) mass is 344 g/mol. The molecule has 0 fully saturated rings. The molecule has 0 radical (unpaired) electrons. The lowest BCUT2D eigenvalue weighted by Gasteiger charge is -2.10. The lowest BCUT2D eigenvalue weighted by Crippen LogP contribution is -2.22. The van der Waals surface area contributed by atoms with Gasteiger partial charge >= 0.3 is 6.18 Å². The van der Waals surface area contributed by atoms with E-state index in [1.165, 1.54) is 30.5 Å². The number of amides is 1. The number of nitrogens with one attached hydrogen (secondary N) is 1. The molecule has 1 aromatic heterocycles. The molecule has 2 rings (SSSR count). The van der Waals surface area contributed by atoms with Crippen LogP contribution >= 0.6 is 11.6 Å². The van der Waals surface area contributed by atoms with E-state index >= 15 is 0 Å². The smallest absolute Gasteiger partial charge is 0.422 e. The highest BCUT2D eigenvalue weighted by molar-refractivity contribution is 6.29. The molecule has 1 heterocycles. The molecule has 0 atom stereocenters. The first-order valence-corrected chi connectivity index (χ1v) is 6.89. The molecular formula is C15H12ClF3N2O2. The van der Waals surface area contributed by atoms with Crippen LogP contribution in [0.4, 0.5) is 13.2 Å². The summed E-state index contributed by atoms with van der Waals surface area (Å²) in [6.07, 6.45) is -2.96. The molecule has 122 valence electrons.